The van der Waals surface area contributed by atoms with Crippen molar-refractivity contribution in [3.63, 3.8) is 0 Å². The first kappa shape index (κ1) is 15.4. The van der Waals surface area contributed by atoms with Crippen molar-refractivity contribution >= 4 is 21.6 Å². The Morgan fingerprint density at radius 1 is 1.43 bits per heavy atom. The zero-order chi connectivity index (χ0) is 15.6. The number of benzene rings is 1. The van der Waals surface area contributed by atoms with Crippen LogP contribution in [0.15, 0.2) is 34.9 Å². The number of halogens is 1. The lowest BCUT2D eigenvalue weighted by atomic mass is 10.2. The lowest BCUT2D eigenvalue weighted by molar-refractivity contribution is -0.385. The van der Waals surface area contributed by atoms with E-state index in [4.69, 9.17) is 4.74 Å². The normalized spacial score (nSPS) is 12.0. The number of aromatic nitrogens is 1. The Morgan fingerprint density at radius 3 is 2.76 bits per heavy atom. The molecule has 1 aromatic carbocycles. The van der Waals surface area contributed by atoms with Gasteiger partial charge in [-0.1, -0.05) is 15.9 Å². The molecule has 0 unspecified atom stereocenters. The molecular weight excluding hydrogens is 340 g/mol. The van der Waals surface area contributed by atoms with Gasteiger partial charge in [-0.15, -0.1) is 0 Å². The van der Waals surface area contributed by atoms with Gasteiger partial charge in [0.05, 0.1) is 11.0 Å². The number of aliphatic hydroxyl groups excluding tert-OH is 1. The summed E-state index contributed by atoms with van der Waals surface area (Å²) in [6.45, 7) is 3.33. The minimum absolute atomic E-state index is 0.137. The topological polar surface area (TPSA) is 85.5 Å². The van der Waals surface area contributed by atoms with Gasteiger partial charge in [0.2, 0.25) is 11.6 Å². The summed E-state index contributed by atoms with van der Waals surface area (Å²) in [7, 11) is 0. The van der Waals surface area contributed by atoms with Crippen molar-refractivity contribution in [3.05, 3.63) is 56.2 Å². The van der Waals surface area contributed by atoms with E-state index in [0.717, 1.165) is 0 Å². The average Bonchev–Trinajstić information content (AvgIpc) is 2.41. The van der Waals surface area contributed by atoms with Crippen LogP contribution in [-0.2, 0) is 0 Å². The monoisotopic (exact) mass is 352 g/mol. The van der Waals surface area contributed by atoms with E-state index in [1.165, 1.54) is 12.3 Å². The molecule has 0 aliphatic rings. The molecule has 1 N–H and O–H groups in total. The fourth-order valence-corrected chi connectivity index (χ4v) is 2.39. The number of nitrogens with zero attached hydrogens (tertiary/aromatic N) is 2. The van der Waals surface area contributed by atoms with Crippen LogP contribution in [0.5, 0.6) is 11.6 Å². The molecule has 1 atom stereocenters. The standard InChI is InChI=1S/C14H13BrN2O4/c1-8-5-11(15)7-12(17(19)20)14(8)21-13-6-10(9(2)18)3-4-16-13/h3-7,9,18H,1-2H3/t9-/m1/s1. The molecular formula is C14H13BrN2O4. The van der Waals surface area contributed by atoms with Gasteiger partial charge in [0.25, 0.3) is 0 Å². The van der Waals surface area contributed by atoms with E-state index in [0.29, 0.717) is 15.6 Å². The molecule has 21 heavy (non-hydrogen) atoms. The SMILES string of the molecule is Cc1cc(Br)cc([N+](=O)[O-])c1Oc1cc([C@@H](C)O)ccn1. The fourth-order valence-electron chi connectivity index (χ4n) is 1.83. The van der Waals surface area contributed by atoms with Crippen molar-refractivity contribution in [2.24, 2.45) is 0 Å². The lowest BCUT2D eigenvalue weighted by Crippen LogP contribution is -1.98. The zero-order valence-electron chi connectivity index (χ0n) is 11.4. The zero-order valence-corrected chi connectivity index (χ0v) is 13.0. The highest BCUT2D eigenvalue weighted by Crippen LogP contribution is 2.36. The number of aryl methyl sites for hydroxylation is 1. The third-order valence-electron chi connectivity index (χ3n) is 2.86. The van der Waals surface area contributed by atoms with Crippen LogP contribution in [0.1, 0.15) is 24.2 Å². The molecule has 110 valence electrons. The number of rotatable bonds is 4. The van der Waals surface area contributed by atoms with Crippen LogP contribution in [0, 0.1) is 17.0 Å². The number of hydrogen-bond acceptors (Lipinski definition) is 5. The second-order valence-corrected chi connectivity index (χ2v) is 5.45. The molecule has 0 radical (unpaired) electrons. The summed E-state index contributed by atoms with van der Waals surface area (Å²) in [5, 5.41) is 20.7. The second-order valence-electron chi connectivity index (χ2n) is 4.53. The minimum atomic E-state index is -0.670. The fraction of sp³-hybridized carbons (Fsp3) is 0.214. The molecule has 0 spiro atoms. The summed E-state index contributed by atoms with van der Waals surface area (Å²) >= 11 is 3.22. The highest BCUT2D eigenvalue weighted by molar-refractivity contribution is 9.10. The highest BCUT2D eigenvalue weighted by atomic mass is 79.9. The van der Waals surface area contributed by atoms with Crippen LogP contribution in [0.25, 0.3) is 0 Å². The molecule has 0 saturated heterocycles. The Kier molecular flexibility index (Phi) is 4.54. The molecule has 0 aliphatic carbocycles. The molecule has 6 nitrogen and oxygen atoms in total. The molecule has 1 aromatic heterocycles. The smallest absolute Gasteiger partial charge is 0.313 e. The number of hydrogen-bond donors (Lipinski definition) is 1. The van der Waals surface area contributed by atoms with Crippen molar-refractivity contribution in [3.8, 4) is 11.6 Å². The van der Waals surface area contributed by atoms with E-state index >= 15 is 0 Å². The van der Waals surface area contributed by atoms with Crippen LogP contribution in [-0.4, -0.2) is 15.0 Å². The summed E-state index contributed by atoms with van der Waals surface area (Å²) < 4.78 is 6.16. The van der Waals surface area contributed by atoms with E-state index < -0.39 is 11.0 Å². The molecule has 0 bridgehead atoms. The quantitative estimate of drug-likeness (QED) is 0.665. The van der Waals surface area contributed by atoms with Gasteiger partial charge in [-0.25, -0.2) is 4.98 Å². The van der Waals surface area contributed by atoms with E-state index in [-0.39, 0.29) is 17.3 Å². The molecule has 0 saturated carbocycles. The van der Waals surface area contributed by atoms with Gasteiger partial charge in [-0.3, -0.25) is 10.1 Å². The van der Waals surface area contributed by atoms with E-state index in [9.17, 15) is 15.2 Å². The molecule has 0 fully saturated rings. The average molecular weight is 353 g/mol. The Morgan fingerprint density at radius 2 is 2.14 bits per heavy atom. The van der Waals surface area contributed by atoms with E-state index in [1.54, 1.807) is 32.0 Å². The molecule has 0 aliphatic heterocycles. The van der Waals surface area contributed by atoms with Crippen LogP contribution >= 0.6 is 15.9 Å². The number of aliphatic hydroxyl groups is 1. The summed E-state index contributed by atoms with van der Waals surface area (Å²) in [6.07, 6.45) is 0.813. The van der Waals surface area contributed by atoms with Crippen LogP contribution in [0.4, 0.5) is 5.69 Å². The maximum Gasteiger partial charge on any atom is 0.313 e. The Hall–Kier alpha value is -1.99. The molecule has 2 aromatic rings. The van der Waals surface area contributed by atoms with Gasteiger partial charge in [-0.05, 0) is 31.5 Å². The number of ether oxygens (including phenoxy) is 1. The first-order valence-corrected chi connectivity index (χ1v) is 6.94. The van der Waals surface area contributed by atoms with Gasteiger partial charge in [-0.2, -0.15) is 0 Å². The van der Waals surface area contributed by atoms with Crippen molar-refractivity contribution in [1.82, 2.24) is 4.98 Å². The van der Waals surface area contributed by atoms with Gasteiger partial charge in [0, 0.05) is 28.4 Å². The van der Waals surface area contributed by atoms with Crippen LogP contribution < -0.4 is 4.74 Å². The van der Waals surface area contributed by atoms with Crippen molar-refractivity contribution in [2.45, 2.75) is 20.0 Å². The lowest BCUT2D eigenvalue weighted by Gasteiger charge is -2.10. The molecule has 7 heteroatoms. The van der Waals surface area contributed by atoms with Gasteiger partial charge >= 0.3 is 5.69 Å². The summed E-state index contributed by atoms with van der Waals surface area (Å²) in [6, 6.07) is 6.30. The van der Waals surface area contributed by atoms with Crippen LogP contribution in [0.3, 0.4) is 0 Å². The van der Waals surface area contributed by atoms with Gasteiger partial charge in [0.1, 0.15) is 0 Å². The third kappa shape index (κ3) is 3.56. The van der Waals surface area contributed by atoms with Crippen molar-refractivity contribution in [1.29, 1.82) is 0 Å². The number of pyridine rings is 1. The van der Waals surface area contributed by atoms with E-state index in [2.05, 4.69) is 20.9 Å². The highest BCUT2D eigenvalue weighted by Gasteiger charge is 2.20. The van der Waals surface area contributed by atoms with E-state index in [1.807, 2.05) is 0 Å². The molecule has 1 heterocycles. The molecule has 2 rings (SSSR count). The Balaban J connectivity index is 2.44. The predicted molar refractivity (Wildman–Crippen MR) is 80.5 cm³/mol. The van der Waals surface area contributed by atoms with Gasteiger partial charge < -0.3 is 9.84 Å². The predicted octanol–water partition coefficient (Wildman–Crippen LogP) is 3.91. The Bertz CT molecular complexity index is 689. The maximum atomic E-state index is 11.1. The Labute approximate surface area is 129 Å². The first-order chi connectivity index (χ1) is 9.88. The summed E-state index contributed by atoms with van der Waals surface area (Å²) in [4.78, 5) is 14.6. The number of nitro benzene ring substituents is 1. The maximum absolute atomic E-state index is 11.1. The number of nitro groups is 1. The van der Waals surface area contributed by atoms with Gasteiger partial charge in [0.15, 0.2) is 0 Å². The minimum Gasteiger partial charge on any atom is -0.432 e. The van der Waals surface area contributed by atoms with Crippen molar-refractivity contribution < 1.29 is 14.8 Å². The summed E-state index contributed by atoms with van der Waals surface area (Å²) in [5.74, 6) is 0.334. The molecule has 0 amide bonds. The van der Waals surface area contributed by atoms with Crippen LogP contribution in [0.2, 0.25) is 0 Å². The second kappa shape index (κ2) is 6.19. The van der Waals surface area contributed by atoms with Crippen molar-refractivity contribution in [2.75, 3.05) is 0 Å². The largest absolute Gasteiger partial charge is 0.432 e. The summed E-state index contributed by atoms with van der Waals surface area (Å²) in [5.41, 5.74) is 1.09. The first-order valence-electron chi connectivity index (χ1n) is 6.15. The third-order valence-corrected chi connectivity index (χ3v) is 3.32.